The summed E-state index contributed by atoms with van der Waals surface area (Å²) in [5.41, 5.74) is 5.39. The van der Waals surface area contributed by atoms with Crippen LogP contribution in [-0.2, 0) is 4.74 Å². The highest BCUT2D eigenvalue weighted by atomic mass is 32.1. The zero-order valence-electron chi connectivity index (χ0n) is 9.26. The molecule has 2 N–H and O–H groups in total. The number of thiol groups is 1. The van der Waals surface area contributed by atoms with Gasteiger partial charge in [0.15, 0.2) is 0 Å². The monoisotopic (exact) mass is 205 g/mol. The van der Waals surface area contributed by atoms with E-state index in [1.54, 1.807) is 0 Å². The van der Waals surface area contributed by atoms with Gasteiger partial charge in [-0.3, -0.25) is 0 Å². The molecule has 0 radical (unpaired) electrons. The third-order valence-corrected chi connectivity index (χ3v) is 2.18. The van der Waals surface area contributed by atoms with Gasteiger partial charge in [0.2, 0.25) is 0 Å². The average Bonchev–Trinajstić information content (AvgIpc) is 1.82. The summed E-state index contributed by atoms with van der Waals surface area (Å²) in [6, 6.07) is 0. The van der Waals surface area contributed by atoms with Crippen molar-refractivity contribution in [2.24, 2.45) is 5.73 Å². The lowest BCUT2D eigenvalue weighted by molar-refractivity contribution is -0.0245. The number of nitrogens with two attached hydrogens (primary N) is 1. The molecule has 2 nitrogen and oxygen atoms in total. The van der Waals surface area contributed by atoms with Crippen LogP contribution in [0.3, 0.4) is 0 Å². The van der Waals surface area contributed by atoms with Crippen LogP contribution in [0.5, 0.6) is 0 Å². The van der Waals surface area contributed by atoms with Gasteiger partial charge >= 0.3 is 0 Å². The van der Waals surface area contributed by atoms with Gasteiger partial charge in [-0.1, -0.05) is 13.8 Å². The third kappa shape index (κ3) is 8.60. The van der Waals surface area contributed by atoms with E-state index in [1.807, 2.05) is 0 Å². The van der Waals surface area contributed by atoms with Gasteiger partial charge in [0.1, 0.15) is 0 Å². The summed E-state index contributed by atoms with van der Waals surface area (Å²) in [6.07, 6.45) is 1.87. The molecule has 0 aromatic rings. The van der Waals surface area contributed by atoms with Crippen LogP contribution < -0.4 is 5.73 Å². The van der Waals surface area contributed by atoms with Gasteiger partial charge in [0.05, 0.1) is 5.60 Å². The summed E-state index contributed by atoms with van der Waals surface area (Å²) >= 11 is 4.43. The molecule has 0 unspecified atom stereocenters. The molecular weight excluding hydrogens is 182 g/mol. The van der Waals surface area contributed by atoms with Crippen LogP contribution in [-0.4, -0.2) is 23.5 Å². The molecule has 0 fully saturated rings. The molecule has 0 bridgehead atoms. The summed E-state index contributed by atoms with van der Waals surface area (Å²) in [6.45, 7) is 9.77. The van der Waals surface area contributed by atoms with Crippen LogP contribution in [0, 0.1) is 0 Å². The Kier molecular flexibility index (Phi) is 5.33. The summed E-state index contributed by atoms with van der Waals surface area (Å²) in [5, 5.41) is 0. The van der Waals surface area contributed by atoms with Crippen molar-refractivity contribution in [3.63, 3.8) is 0 Å². The first-order valence-corrected chi connectivity index (χ1v) is 5.28. The van der Waals surface area contributed by atoms with E-state index in [4.69, 9.17) is 10.5 Å². The highest BCUT2D eigenvalue weighted by molar-refractivity contribution is 7.81. The van der Waals surface area contributed by atoms with Crippen molar-refractivity contribution >= 4 is 12.6 Å². The molecule has 0 aliphatic heterocycles. The topological polar surface area (TPSA) is 35.2 Å². The van der Waals surface area contributed by atoms with Crippen molar-refractivity contribution < 1.29 is 4.74 Å². The van der Waals surface area contributed by atoms with E-state index in [0.717, 1.165) is 19.4 Å². The van der Waals surface area contributed by atoms with Gasteiger partial charge in [-0.05, 0) is 33.2 Å². The smallest absolute Gasteiger partial charge is 0.0638 e. The molecule has 0 saturated carbocycles. The number of ether oxygens (including phenoxy) is 1. The molecule has 0 aliphatic carbocycles. The van der Waals surface area contributed by atoms with Gasteiger partial charge in [0, 0.05) is 11.4 Å². The van der Waals surface area contributed by atoms with Crippen molar-refractivity contribution in [1.82, 2.24) is 0 Å². The summed E-state index contributed by atoms with van der Waals surface area (Å²) in [4.78, 5) is 0. The molecule has 0 aliphatic rings. The standard InChI is InChI=1S/C10H23NOS/c1-9(2,5-7-11)12-8-6-10(3,4)13/h13H,5-8,11H2,1-4H3. The van der Waals surface area contributed by atoms with Crippen LogP contribution in [0.15, 0.2) is 0 Å². The van der Waals surface area contributed by atoms with E-state index in [2.05, 4.69) is 40.3 Å². The second kappa shape index (κ2) is 5.23. The Bertz CT molecular complexity index is 140. The lowest BCUT2D eigenvalue weighted by Gasteiger charge is -2.26. The fourth-order valence-corrected chi connectivity index (χ4v) is 1.09. The maximum atomic E-state index is 5.72. The minimum Gasteiger partial charge on any atom is -0.375 e. The maximum absolute atomic E-state index is 5.72. The normalized spacial score (nSPS) is 13.4. The molecule has 0 atom stereocenters. The molecule has 0 heterocycles. The fourth-order valence-electron chi connectivity index (χ4n) is 0.997. The van der Waals surface area contributed by atoms with Crippen LogP contribution in [0.1, 0.15) is 40.5 Å². The highest BCUT2D eigenvalue weighted by Crippen LogP contribution is 2.20. The lowest BCUT2D eigenvalue weighted by atomic mass is 10.1. The third-order valence-electron chi connectivity index (χ3n) is 1.95. The molecule has 0 aromatic carbocycles. The average molecular weight is 205 g/mol. The van der Waals surface area contributed by atoms with Crippen LogP contribution in [0.25, 0.3) is 0 Å². The molecule has 0 amide bonds. The van der Waals surface area contributed by atoms with Gasteiger partial charge in [0.25, 0.3) is 0 Å². The Morgan fingerprint density at radius 2 is 1.69 bits per heavy atom. The van der Waals surface area contributed by atoms with Crippen LogP contribution in [0.2, 0.25) is 0 Å². The largest absolute Gasteiger partial charge is 0.375 e. The second-order valence-electron chi connectivity index (χ2n) is 4.71. The van der Waals surface area contributed by atoms with Crippen molar-refractivity contribution in [1.29, 1.82) is 0 Å². The van der Waals surface area contributed by atoms with Gasteiger partial charge in [-0.25, -0.2) is 0 Å². The minimum atomic E-state index is -0.0895. The SMILES string of the molecule is CC(C)(S)CCOC(C)(C)CCN. The zero-order chi connectivity index (χ0) is 10.5. The Morgan fingerprint density at radius 3 is 2.08 bits per heavy atom. The molecule has 0 saturated heterocycles. The Labute approximate surface area is 87.6 Å². The van der Waals surface area contributed by atoms with Gasteiger partial charge < -0.3 is 10.5 Å². The molecule has 3 heteroatoms. The summed E-state index contributed by atoms with van der Waals surface area (Å²) in [5.74, 6) is 0. The van der Waals surface area contributed by atoms with E-state index in [0.29, 0.717) is 6.54 Å². The first-order chi connectivity index (χ1) is 5.77. The Morgan fingerprint density at radius 1 is 1.15 bits per heavy atom. The van der Waals surface area contributed by atoms with E-state index in [1.165, 1.54) is 0 Å². The zero-order valence-corrected chi connectivity index (χ0v) is 10.2. The molecule has 0 rings (SSSR count). The van der Waals surface area contributed by atoms with Crippen LogP contribution >= 0.6 is 12.6 Å². The number of hydrogen-bond acceptors (Lipinski definition) is 3. The van der Waals surface area contributed by atoms with Crippen molar-refractivity contribution in [3.05, 3.63) is 0 Å². The fraction of sp³-hybridized carbons (Fsp3) is 1.00. The molecule has 0 aromatic heterocycles. The van der Waals surface area contributed by atoms with Crippen molar-refractivity contribution in [3.8, 4) is 0 Å². The van der Waals surface area contributed by atoms with E-state index in [9.17, 15) is 0 Å². The molecular formula is C10H23NOS. The predicted molar refractivity (Wildman–Crippen MR) is 61.4 cm³/mol. The Balaban J connectivity index is 3.63. The highest BCUT2D eigenvalue weighted by Gasteiger charge is 2.19. The van der Waals surface area contributed by atoms with Crippen molar-refractivity contribution in [2.45, 2.75) is 50.9 Å². The molecule has 0 spiro atoms. The first kappa shape index (κ1) is 13.3. The number of hydrogen-bond donors (Lipinski definition) is 2. The summed E-state index contributed by atoms with van der Waals surface area (Å²) in [7, 11) is 0. The second-order valence-corrected chi connectivity index (χ2v) is 5.92. The quantitative estimate of drug-likeness (QED) is 0.652. The van der Waals surface area contributed by atoms with E-state index < -0.39 is 0 Å². The molecule has 13 heavy (non-hydrogen) atoms. The predicted octanol–water partition coefficient (Wildman–Crippen LogP) is 2.23. The van der Waals surface area contributed by atoms with Gasteiger partial charge in [-0.2, -0.15) is 12.6 Å². The van der Waals surface area contributed by atoms with Gasteiger partial charge in [-0.15, -0.1) is 0 Å². The summed E-state index contributed by atoms with van der Waals surface area (Å²) < 4.78 is 5.77. The lowest BCUT2D eigenvalue weighted by Crippen LogP contribution is -2.29. The molecule has 80 valence electrons. The van der Waals surface area contributed by atoms with Crippen molar-refractivity contribution in [2.75, 3.05) is 13.2 Å². The minimum absolute atomic E-state index is 0.0544. The van der Waals surface area contributed by atoms with Crippen LogP contribution in [0.4, 0.5) is 0 Å². The van der Waals surface area contributed by atoms with E-state index in [-0.39, 0.29) is 10.3 Å². The van der Waals surface area contributed by atoms with E-state index >= 15 is 0 Å². The Hall–Kier alpha value is 0.270. The maximum Gasteiger partial charge on any atom is 0.0638 e. The first-order valence-electron chi connectivity index (χ1n) is 4.83. The number of rotatable bonds is 6.